The smallest absolute Gasteiger partial charge is 0.387 e. The molecule has 0 atom stereocenters. The number of fused-ring (bicyclic) bond motifs is 1. The van der Waals surface area contributed by atoms with E-state index in [-0.39, 0.29) is 43.1 Å². The molecule has 10 heteroatoms. The first kappa shape index (κ1) is 24.9. The highest BCUT2D eigenvalue weighted by molar-refractivity contribution is 14.0. The minimum atomic E-state index is -2.94. The number of hydrogen-bond acceptors (Lipinski definition) is 5. The summed E-state index contributed by atoms with van der Waals surface area (Å²) in [4.78, 5) is 6.32. The van der Waals surface area contributed by atoms with E-state index in [2.05, 4.69) is 37.4 Å². The van der Waals surface area contributed by atoms with Crippen molar-refractivity contribution in [2.24, 2.45) is 4.99 Å². The molecule has 0 saturated heterocycles. The van der Waals surface area contributed by atoms with Gasteiger partial charge >= 0.3 is 6.61 Å². The monoisotopic (exact) mass is 548 g/mol. The summed E-state index contributed by atoms with van der Waals surface area (Å²) >= 11 is 0. The van der Waals surface area contributed by atoms with Crippen LogP contribution in [0.2, 0.25) is 0 Å². The highest BCUT2D eigenvalue weighted by atomic mass is 127. The Morgan fingerprint density at radius 3 is 2.29 bits per heavy atom. The number of hydrogen-bond donors (Lipinski definition) is 2. The number of nitrogens with one attached hydrogen (secondary N) is 2. The third-order valence-electron chi connectivity index (χ3n) is 4.49. The molecule has 1 heterocycles. The molecule has 170 valence electrons. The Hall–Kier alpha value is -2.34. The van der Waals surface area contributed by atoms with Crippen LogP contribution in [0.1, 0.15) is 16.7 Å². The molecule has 1 aliphatic heterocycles. The molecule has 0 unspecified atom stereocenters. The van der Waals surface area contributed by atoms with Gasteiger partial charge in [-0.25, -0.2) is 0 Å². The van der Waals surface area contributed by atoms with Crippen LogP contribution >= 0.6 is 24.0 Å². The maximum absolute atomic E-state index is 12.8. The van der Waals surface area contributed by atoms with Crippen LogP contribution in [0.25, 0.3) is 0 Å². The number of benzene rings is 2. The Kier molecular flexibility index (Phi) is 9.56. The number of ether oxygens (including phenoxy) is 3. The van der Waals surface area contributed by atoms with E-state index in [0.29, 0.717) is 29.6 Å². The molecule has 3 rings (SSSR count). The number of nitrogens with zero attached hydrogens (tertiary/aromatic N) is 2. The quantitative estimate of drug-likeness (QED) is 0.299. The third-order valence-corrected chi connectivity index (χ3v) is 4.49. The minimum absolute atomic E-state index is 0. The molecule has 0 amide bonds. The van der Waals surface area contributed by atoms with E-state index in [0.717, 1.165) is 12.1 Å². The van der Waals surface area contributed by atoms with Gasteiger partial charge in [0.1, 0.15) is 5.75 Å². The van der Waals surface area contributed by atoms with Crippen LogP contribution < -0.4 is 24.8 Å². The molecule has 2 aromatic carbocycles. The van der Waals surface area contributed by atoms with E-state index in [1.807, 2.05) is 26.2 Å². The first-order valence-corrected chi connectivity index (χ1v) is 9.49. The second-order valence-corrected chi connectivity index (χ2v) is 6.98. The van der Waals surface area contributed by atoms with Gasteiger partial charge in [0.05, 0.1) is 0 Å². The fourth-order valence-corrected chi connectivity index (χ4v) is 3.11. The van der Waals surface area contributed by atoms with Crippen molar-refractivity contribution < 1.29 is 23.0 Å². The van der Waals surface area contributed by atoms with Crippen LogP contribution in [-0.4, -0.2) is 45.4 Å². The Bertz CT molecular complexity index is 897. The van der Waals surface area contributed by atoms with Gasteiger partial charge in [0.25, 0.3) is 0 Å². The van der Waals surface area contributed by atoms with Crippen molar-refractivity contribution in [3.05, 3.63) is 53.1 Å². The van der Waals surface area contributed by atoms with Crippen molar-refractivity contribution in [2.45, 2.75) is 26.2 Å². The van der Waals surface area contributed by atoms with Gasteiger partial charge in [0, 0.05) is 38.3 Å². The van der Waals surface area contributed by atoms with Crippen molar-refractivity contribution in [3.63, 3.8) is 0 Å². The van der Waals surface area contributed by atoms with Crippen molar-refractivity contribution in [3.8, 4) is 17.2 Å². The summed E-state index contributed by atoms with van der Waals surface area (Å²) in [6.45, 7) is -1.26. The van der Waals surface area contributed by atoms with Gasteiger partial charge in [-0.3, -0.25) is 4.99 Å². The Balaban J connectivity index is 0.00000341. The number of alkyl halides is 2. The molecule has 0 bridgehead atoms. The standard InChI is InChI=1S/C21H26F2N4O3.HI/c1-24-21(25-10-14-6-4-5-7-15(14)12-27(2)3)26-11-16-8-18-19(29-13-28-18)9-17(16)30-20(22)23;/h4-9,20H,10-13H2,1-3H3,(H2,24,25,26);1H. The first-order chi connectivity index (χ1) is 14.5. The molecule has 1 aliphatic rings. The summed E-state index contributed by atoms with van der Waals surface area (Å²) in [6.07, 6.45) is 0. The fourth-order valence-electron chi connectivity index (χ4n) is 3.11. The molecule has 0 saturated carbocycles. The van der Waals surface area contributed by atoms with Crippen LogP contribution in [0.5, 0.6) is 17.2 Å². The van der Waals surface area contributed by atoms with Crippen LogP contribution in [0.4, 0.5) is 8.78 Å². The van der Waals surface area contributed by atoms with Gasteiger partial charge in [-0.15, -0.1) is 24.0 Å². The van der Waals surface area contributed by atoms with E-state index in [1.54, 1.807) is 13.1 Å². The topological polar surface area (TPSA) is 67.4 Å². The van der Waals surface area contributed by atoms with Crippen molar-refractivity contribution in [2.75, 3.05) is 27.9 Å². The molecule has 2 N–H and O–H groups in total. The minimum Gasteiger partial charge on any atom is -0.454 e. The lowest BCUT2D eigenvalue weighted by Gasteiger charge is -2.17. The lowest BCUT2D eigenvalue weighted by atomic mass is 10.1. The lowest BCUT2D eigenvalue weighted by Crippen LogP contribution is -2.36. The number of aliphatic imine (C=N–C) groups is 1. The van der Waals surface area contributed by atoms with Gasteiger partial charge in [0.2, 0.25) is 6.79 Å². The summed E-state index contributed by atoms with van der Waals surface area (Å²) in [5.74, 6) is 1.45. The van der Waals surface area contributed by atoms with Crippen LogP contribution in [0, 0.1) is 0 Å². The van der Waals surface area contributed by atoms with Gasteiger partial charge < -0.3 is 29.7 Å². The van der Waals surface area contributed by atoms with Gasteiger partial charge in [-0.2, -0.15) is 8.78 Å². The predicted molar refractivity (Wildman–Crippen MR) is 125 cm³/mol. The van der Waals surface area contributed by atoms with Crippen LogP contribution in [0.3, 0.4) is 0 Å². The highest BCUT2D eigenvalue weighted by Gasteiger charge is 2.20. The zero-order chi connectivity index (χ0) is 21.5. The predicted octanol–water partition coefficient (Wildman–Crippen LogP) is 3.56. The maximum atomic E-state index is 12.8. The summed E-state index contributed by atoms with van der Waals surface area (Å²) in [5, 5.41) is 6.39. The van der Waals surface area contributed by atoms with E-state index >= 15 is 0 Å². The molecule has 0 aliphatic carbocycles. The SMILES string of the molecule is CN=C(NCc1ccccc1CN(C)C)NCc1cc2c(cc1OC(F)F)OCO2.I. The molecule has 0 aromatic heterocycles. The molecule has 31 heavy (non-hydrogen) atoms. The van der Waals surface area contributed by atoms with E-state index in [1.165, 1.54) is 11.6 Å². The summed E-state index contributed by atoms with van der Waals surface area (Å²) in [6, 6.07) is 11.2. The average molecular weight is 548 g/mol. The molecule has 7 nitrogen and oxygen atoms in total. The number of rotatable bonds is 8. The Morgan fingerprint density at radius 1 is 1.06 bits per heavy atom. The summed E-state index contributed by atoms with van der Waals surface area (Å²) in [7, 11) is 5.70. The molecule has 0 spiro atoms. The van der Waals surface area contributed by atoms with E-state index in [4.69, 9.17) is 9.47 Å². The Labute approximate surface area is 197 Å². The van der Waals surface area contributed by atoms with Crippen molar-refractivity contribution in [1.29, 1.82) is 0 Å². The highest BCUT2D eigenvalue weighted by Crippen LogP contribution is 2.38. The fraction of sp³-hybridized carbons (Fsp3) is 0.381. The third kappa shape index (κ3) is 7.10. The first-order valence-electron chi connectivity index (χ1n) is 9.49. The average Bonchev–Trinajstić information content (AvgIpc) is 3.15. The van der Waals surface area contributed by atoms with E-state index < -0.39 is 6.61 Å². The number of guanidine groups is 1. The maximum Gasteiger partial charge on any atom is 0.387 e. The van der Waals surface area contributed by atoms with Crippen LogP contribution in [-0.2, 0) is 19.6 Å². The lowest BCUT2D eigenvalue weighted by molar-refractivity contribution is -0.0505. The second kappa shape index (κ2) is 11.9. The summed E-state index contributed by atoms with van der Waals surface area (Å²) < 4.78 is 40.8. The zero-order valence-corrected chi connectivity index (χ0v) is 20.0. The molecule has 0 radical (unpaired) electrons. The zero-order valence-electron chi connectivity index (χ0n) is 17.7. The summed E-state index contributed by atoms with van der Waals surface area (Å²) in [5.41, 5.74) is 2.88. The Morgan fingerprint density at radius 2 is 1.68 bits per heavy atom. The molecular weight excluding hydrogens is 521 g/mol. The second-order valence-electron chi connectivity index (χ2n) is 6.98. The van der Waals surface area contributed by atoms with Gasteiger partial charge in [0.15, 0.2) is 17.5 Å². The van der Waals surface area contributed by atoms with Crippen LogP contribution in [0.15, 0.2) is 41.4 Å². The van der Waals surface area contributed by atoms with Gasteiger partial charge in [-0.05, 0) is 31.3 Å². The molecular formula is C21H27F2IN4O3. The molecule has 2 aromatic rings. The normalized spacial score (nSPS) is 12.7. The van der Waals surface area contributed by atoms with E-state index in [9.17, 15) is 8.78 Å². The number of halogens is 3. The van der Waals surface area contributed by atoms with Crippen molar-refractivity contribution >= 4 is 29.9 Å². The molecule has 0 fully saturated rings. The van der Waals surface area contributed by atoms with Gasteiger partial charge in [-0.1, -0.05) is 24.3 Å². The largest absolute Gasteiger partial charge is 0.454 e. The van der Waals surface area contributed by atoms with Crippen molar-refractivity contribution in [1.82, 2.24) is 15.5 Å².